The van der Waals surface area contributed by atoms with E-state index in [1.165, 1.54) is 30.9 Å². The van der Waals surface area contributed by atoms with E-state index in [4.69, 9.17) is 14.2 Å². The van der Waals surface area contributed by atoms with Gasteiger partial charge in [0.15, 0.2) is 0 Å². The van der Waals surface area contributed by atoms with Crippen LogP contribution in [0.4, 0.5) is 0 Å². The number of fused-ring (bicyclic) bond motifs is 1. The van der Waals surface area contributed by atoms with Crippen molar-refractivity contribution < 1.29 is 33.7 Å². The minimum Gasteiger partial charge on any atom is -0.496 e. The monoisotopic (exact) mass is 434 g/mol. The average Bonchev–Trinajstić information content (AvgIpc) is 3.30. The summed E-state index contributed by atoms with van der Waals surface area (Å²) in [6, 6.07) is 4.11. The molecule has 2 N–H and O–H groups in total. The van der Waals surface area contributed by atoms with Crippen molar-refractivity contribution in [2.75, 3.05) is 26.6 Å². The van der Waals surface area contributed by atoms with Crippen LogP contribution in [-0.2, 0) is 14.3 Å². The highest BCUT2D eigenvalue weighted by molar-refractivity contribution is 8.00. The van der Waals surface area contributed by atoms with Crippen molar-refractivity contribution >= 4 is 29.5 Å². The number of rotatable bonds is 6. The Balaban J connectivity index is 1.57. The first-order valence-electron chi connectivity index (χ1n) is 9.52. The highest BCUT2D eigenvalue weighted by Crippen LogP contribution is 2.43. The predicted molar refractivity (Wildman–Crippen MR) is 108 cm³/mol. The lowest BCUT2D eigenvalue weighted by Crippen LogP contribution is -2.70. The Morgan fingerprint density at radius 1 is 1.27 bits per heavy atom. The quantitative estimate of drug-likeness (QED) is 0.643. The number of benzene rings is 1. The normalized spacial score (nSPS) is 25.5. The zero-order chi connectivity index (χ0) is 21.4. The van der Waals surface area contributed by atoms with Gasteiger partial charge in [0.25, 0.3) is 11.8 Å². The van der Waals surface area contributed by atoms with Gasteiger partial charge in [-0.2, -0.15) is 0 Å². The van der Waals surface area contributed by atoms with Crippen molar-refractivity contribution in [3.05, 3.63) is 35.0 Å². The third-order valence-electron chi connectivity index (χ3n) is 5.46. The fourth-order valence-electron chi connectivity index (χ4n) is 4.03. The van der Waals surface area contributed by atoms with Crippen LogP contribution in [0.15, 0.2) is 29.5 Å². The van der Waals surface area contributed by atoms with Gasteiger partial charge in [0.1, 0.15) is 34.2 Å². The zero-order valence-corrected chi connectivity index (χ0v) is 17.4. The molecule has 2 amide bonds. The largest absolute Gasteiger partial charge is 0.496 e. The summed E-state index contributed by atoms with van der Waals surface area (Å²) in [6.07, 6.45) is 1.33. The molecule has 3 aliphatic rings. The Hall–Kier alpha value is -2.72. The number of methoxy groups -OCH3 is 2. The molecule has 4 rings (SSSR count). The SMILES string of the molecule is COc1cccc(OC)c1C(=O)N[C@@H]1C(=O)N2C(C(=O)O)=C([C@@H]3CCCO3)CS[C@H]12. The lowest BCUT2D eigenvalue weighted by Gasteiger charge is -2.50. The number of hydrogen-bond donors (Lipinski definition) is 2. The van der Waals surface area contributed by atoms with Crippen molar-refractivity contribution in [3.63, 3.8) is 0 Å². The topological polar surface area (TPSA) is 114 Å². The van der Waals surface area contributed by atoms with Crippen LogP contribution in [-0.4, -0.2) is 71.9 Å². The van der Waals surface area contributed by atoms with Crippen LogP contribution in [0.2, 0.25) is 0 Å². The summed E-state index contributed by atoms with van der Waals surface area (Å²) in [7, 11) is 2.88. The number of carbonyl (C=O) groups excluding carboxylic acids is 2. The van der Waals surface area contributed by atoms with E-state index in [9.17, 15) is 19.5 Å². The van der Waals surface area contributed by atoms with Crippen LogP contribution in [0.3, 0.4) is 0 Å². The lowest BCUT2D eigenvalue weighted by molar-refractivity contribution is -0.149. The minimum absolute atomic E-state index is 0.0176. The molecule has 10 heteroatoms. The van der Waals surface area contributed by atoms with Gasteiger partial charge in [-0.3, -0.25) is 14.5 Å². The van der Waals surface area contributed by atoms with E-state index in [0.29, 0.717) is 29.4 Å². The van der Waals surface area contributed by atoms with Crippen molar-refractivity contribution in [2.24, 2.45) is 0 Å². The molecule has 0 aromatic heterocycles. The van der Waals surface area contributed by atoms with E-state index in [-0.39, 0.29) is 17.4 Å². The number of nitrogens with one attached hydrogen (secondary N) is 1. The molecule has 30 heavy (non-hydrogen) atoms. The molecular weight excluding hydrogens is 412 g/mol. The van der Waals surface area contributed by atoms with Gasteiger partial charge in [0, 0.05) is 12.4 Å². The van der Waals surface area contributed by atoms with Gasteiger partial charge in [0.2, 0.25) is 0 Å². The molecule has 3 aliphatic heterocycles. The second-order valence-corrected chi connectivity index (χ2v) is 8.18. The molecule has 3 heterocycles. The van der Waals surface area contributed by atoms with Crippen molar-refractivity contribution in [2.45, 2.75) is 30.4 Å². The number of nitrogens with zero attached hydrogens (tertiary/aromatic N) is 1. The number of carbonyl (C=O) groups is 3. The summed E-state index contributed by atoms with van der Waals surface area (Å²) < 4.78 is 16.2. The summed E-state index contributed by atoms with van der Waals surface area (Å²) in [5.74, 6) is -1.06. The van der Waals surface area contributed by atoms with E-state index in [0.717, 1.165) is 12.8 Å². The summed E-state index contributed by atoms with van der Waals surface area (Å²) in [4.78, 5) is 39.0. The van der Waals surface area contributed by atoms with E-state index >= 15 is 0 Å². The Kier molecular flexibility index (Phi) is 5.61. The number of β-lactam (4-membered cyclic amide) rings is 1. The molecule has 0 spiro atoms. The standard InChI is InChI=1S/C20H22N2O7S/c1-27-12-5-3-6-13(28-2)14(12)17(23)21-15-18(24)22-16(20(25)26)10(9-30-19(15)22)11-7-4-8-29-11/h3,5-6,11,15,19H,4,7-9H2,1-2H3,(H,21,23)(H,25,26)/t11-,15+,19+/m0/s1. The molecule has 0 radical (unpaired) electrons. The van der Waals surface area contributed by atoms with Gasteiger partial charge in [-0.05, 0) is 30.5 Å². The smallest absolute Gasteiger partial charge is 0.352 e. The molecule has 0 saturated carbocycles. The predicted octanol–water partition coefficient (Wildman–Crippen LogP) is 1.23. The number of aliphatic carboxylic acids is 1. The van der Waals surface area contributed by atoms with Crippen LogP contribution < -0.4 is 14.8 Å². The third kappa shape index (κ3) is 3.29. The minimum atomic E-state index is -1.16. The first kappa shape index (κ1) is 20.5. The highest BCUT2D eigenvalue weighted by atomic mass is 32.2. The van der Waals surface area contributed by atoms with Crippen LogP contribution >= 0.6 is 11.8 Å². The van der Waals surface area contributed by atoms with Gasteiger partial charge in [-0.1, -0.05) is 6.07 Å². The maximum atomic E-state index is 12.9. The average molecular weight is 434 g/mol. The zero-order valence-electron chi connectivity index (χ0n) is 16.5. The second kappa shape index (κ2) is 8.19. The number of ether oxygens (including phenoxy) is 3. The molecule has 160 valence electrons. The summed E-state index contributed by atoms with van der Waals surface area (Å²) >= 11 is 1.42. The molecule has 9 nitrogen and oxygen atoms in total. The fraction of sp³-hybridized carbons (Fsp3) is 0.450. The van der Waals surface area contributed by atoms with Crippen LogP contribution in [0, 0.1) is 0 Å². The molecule has 1 aromatic rings. The number of thioether (sulfide) groups is 1. The Morgan fingerprint density at radius 2 is 1.97 bits per heavy atom. The second-order valence-electron chi connectivity index (χ2n) is 7.08. The van der Waals surface area contributed by atoms with Crippen LogP contribution in [0.5, 0.6) is 11.5 Å². The number of carboxylic acid groups (broad SMARTS) is 1. The third-order valence-corrected chi connectivity index (χ3v) is 6.76. The Bertz CT molecular complexity index is 903. The first-order chi connectivity index (χ1) is 14.5. The van der Waals surface area contributed by atoms with E-state index < -0.39 is 29.2 Å². The number of amides is 2. The number of hydrogen-bond acceptors (Lipinski definition) is 7. The van der Waals surface area contributed by atoms with Gasteiger partial charge in [-0.25, -0.2) is 4.79 Å². The van der Waals surface area contributed by atoms with E-state index in [1.807, 2.05) is 0 Å². The highest BCUT2D eigenvalue weighted by Gasteiger charge is 2.55. The molecule has 0 unspecified atom stereocenters. The molecule has 3 atom stereocenters. The molecule has 1 aromatic carbocycles. The lowest BCUT2D eigenvalue weighted by atomic mass is 9.99. The fourth-order valence-corrected chi connectivity index (χ4v) is 5.44. The van der Waals surface area contributed by atoms with Crippen molar-refractivity contribution in [1.82, 2.24) is 10.2 Å². The first-order valence-corrected chi connectivity index (χ1v) is 10.6. The maximum absolute atomic E-state index is 12.9. The Labute approximate surface area is 177 Å². The molecule has 2 fully saturated rings. The summed E-state index contributed by atoms with van der Waals surface area (Å²) in [5.41, 5.74) is 0.797. The van der Waals surface area contributed by atoms with E-state index in [1.54, 1.807) is 18.2 Å². The van der Waals surface area contributed by atoms with Gasteiger partial charge < -0.3 is 24.6 Å². The maximum Gasteiger partial charge on any atom is 0.352 e. The van der Waals surface area contributed by atoms with Crippen molar-refractivity contribution in [3.8, 4) is 11.5 Å². The van der Waals surface area contributed by atoms with Gasteiger partial charge >= 0.3 is 5.97 Å². The van der Waals surface area contributed by atoms with Gasteiger partial charge in [0.05, 0.1) is 20.3 Å². The van der Waals surface area contributed by atoms with Crippen LogP contribution in [0.1, 0.15) is 23.2 Å². The van der Waals surface area contributed by atoms with E-state index in [2.05, 4.69) is 5.32 Å². The molecule has 0 bridgehead atoms. The van der Waals surface area contributed by atoms with Gasteiger partial charge in [-0.15, -0.1) is 11.8 Å². The summed E-state index contributed by atoms with van der Waals surface area (Å²) in [5, 5.41) is 12.0. The Morgan fingerprint density at radius 3 is 2.53 bits per heavy atom. The summed E-state index contributed by atoms with van der Waals surface area (Å²) in [6.45, 7) is 0.586. The molecule has 2 saturated heterocycles. The van der Waals surface area contributed by atoms with Crippen molar-refractivity contribution in [1.29, 1.82) is 0 Å². The molecular formula is C20H22N2O7S. The molecule has 0 aliphatic carbocycles. The van der Waals surface area contributed by atoms with Crippen LogP contribution in [0.25, 0.3) is 0 Å². The number of carboxylic acids is 1.